The molecule has 1 N–H and O–H groups in total. The minimum atomic E-state index is -0.0152. The molecule has 0 atom stereocenters. The van der Waals surface area contributed by atoms with E-state index in [4.69, 9.17) is 4.74 Å². The van der Waals surface area contributed by atoms with Crippen LogP contribution in [0.5, 0.6) is 5.75 Å². The second-order valence-corrected chi connectivity index (χ2v) is 7.23. The molecule has 3 heteroatoms. The smallest absolute Gasteiger partial charge is 0.251 e. The maximum absolute atomic E-state index is 12.3. The summed E-state index contributed by atoms with van der Waals surface area (Å²) in [6.45, 7) is 9.81. The van der Waals surface area contributed by atoms with Crippen molar-refractivity contribution in [3.63, 3.8) is 0 Å². The minimum Gasteiger partial charge on any atom is -0.494 e. The first-order valence-electron chi connectivity index (χ1n) is 9.01. The second-order valence-electron chi connectivity index (χ2n) is 7.23. The molecule has 0 saturated carbocycles. The first kappa shape index (κ1) is 19.0. The van der Waals surface area contributed by atoms with Crippen LogP contribution in [0.3, 0.4) is 0 Å². The largest absolute Gasteiger partial charge is 0.494 e. The molecule has 0 aliphatic carbocycles. The summed E-state index contributed by atoms with van der Waals surface area (Å²) >= 11 is 0. The molecule has 0 fully saturated rings. The van der Waals surface area contributed by atoms with E-state index in [-0.39, 0.29) is 11.3 Å². The monoisotopic (exact) mass is 339 g/mol. The van der Waals surface area contributed by atoms with Gasteiger partial charge in [0.2, 0.25) is 0 Å². The lowest BCUT2D eigenvalue weighted by Crippen LogP contribution is -2.25. The molecule has 0 unspecified atom stereocenters. The normalized spacial score (nSPS) is 11.2. The fraction of sp³-hybridized carbons (Fsp3) is 0.409. The van der Waals surface area contributed by atoms with Crippen LogP contribution >= 0.6 is 0 Å². The highest BCUT2D eigenvalue weighted by atomic mass is 16.5. The van der Waals surface area contributed by atoms with Crippen molar-refractivity contribution in [2.75, 3.05) is 13.2 Å². The van der Waals surface area contributed by atoms with Crippen LogP contribution in [0, 0.1) is 0 Å². The summed E-state index contributed by atoms with van der Waals surface area (Å²) in [7, 11) is 0. The van der Waals surface area contributed by atoms with Gasteiger partial charge in [-0.2, -0.15) is 0 Å². The van der Waals surface area contributed by atoms with Crippen molar-refractivity contribution >= 4 is 5.91 Å². The van der Waals surface area contributed by atoms with Crippen molar-refractivity contribution in [1.29, 1.82) is 0 Å². The predicted molar refractivity (Wildman–Crippen MR) is 103 cm³/mol. The summed E-state index contributed by atoms with van der Waals surface area (Å²) in [5, 5.41) is 3.00. The van der Waals surface area contributed by atoms with E-state index in [0.29, 0.717) is 18.7 Å². The van der Waals surface area contributed by atoms with Crippen LogP contribution < -0.4 is 10.1 Å². The lowest BCUT2D eigenvalue weighted by molar-refractivity contribution is 0.0953. The number of hydrogen-bond donors (Lipinski definition) is 1. The Morgan fingerprint density at radius 3 is 2.36 bits per heavy atom. The van der Waals surface area contributed by atoms with E-state index in [2.05, 4.69) is 32.2 Å². The fourth-order valence-electron chi connectivity index (χ4n) is 2.71. The third-order valence-corrected chi connectivity index (χ3v) is 4.19. The van der Waals surface area contributed by atoms with Crippen LogP contribution in [-0.4, -0.2) is 19.1 Å². The molecule has 2 rings (SSSR count). The number of carbonyl (C=O) groups is 1. The summed E-state index contributed by atoms with van der Waals surface area (Å²) in [6, 6.07) is 16.0. The zero-order valence-corrected chi connectivity index (χ0v) is 15.8. The Kier molecular flexibility index (Phi) is 6.63. The van der Waals surface area contributed by atoms with E-state index in [1.54, 1.807) is 0 Å². The van der Waals surface area contributed by atoms with E-state index in [0.717, 1.165) is 18.6 Å². The van der Waals surface area contributed by atoms with Gasteiger partial charge in [0.25, 0.3) is 5.91 Å². The molecule has 2 aromatic carbocycles. The van der Waals surface area contributed by atoms with Crippen molar-refractivity contribution in [3.05, 3.63) is 65.2 Å². The van der Waals surface area contributed by atoms with Crippen molar-refractivity contribution in [1.82, 2.24) is 5.32 Å². The molecule has 0 spiro atoms. The Hall–Kier alpha value is -2.29. The maximum Gasteiger partial charge on any atom is 0.251 e. The zero-order valence-electron chi connectivity index (χ0n) is 15.8. The number of rotatable bonds is 7. The molecule has 25 heavy (non-hydrogen) atoms. The number of benzene rings is 2. The molecular weight excluding hydrogens is 310 g/mol. The summed E-state index contributed by atoms with van der Waals surface area (Å²) < 4.78 is 5.64. The van der Waals surface area contributed by atoms with Crippen molar-refractivity contribution < 1.29 is 9.53 Å². The van der Waals surface area contributed by atoms with E-state index in [1.165, 1.54) is 11.1 Å². The number of nitrogens with one attached hydrogen (secondary N) is 1. The Balaban J connectivity index is 1.83. The molecule has 0 radical (unpaired) electrons. The van der Waals surface area contributed by atoms with Gasteiger partial charge < -0.3 is 10.1 Å². The average molecular weight is 339 g/mol. The summed E-state index contributed by atoms with van der Waals surface area (Å²) in [4.78, 5) is 12.3. The van der Waals surface area contributed by atoms with Gasteiger partial charge >= 0.3 is 0 Å². The lowest BCUT2D eigenvalue weighted by Gasteiger charge is -2.19. The summed E-state index contributed by atoms with van der Waals surface area (Å²) in [5.74, 6) is 0.924. The second kappa shape index (κ2) is 8.70. The van der Waals surface area contributed by atoms with Crippen LogP contribution in [0.1, 0.15) is 55.6 Å². The van der Waals surface area contributed by atoms with Gasteiger partial charge in [-0.1, -0.05) is 51.1 Å². The van der Waals surface area contributed by atoms with E-state index >= 15 is 0 Å². The highest BCUT2D eigenvalue weighted by Gasteiger charge is 2.14. The van der Waals surface area contributed by atoms with Crippen molar-refractivity contribution in [2.45, 2.75) is 46.0 Å². The summed E-state index contributed by atoms with van der Waals surface area (Å²) in [5.41, 5.74) is 3.23. The van der Waals surface area contributed by atoms with Crippen LogP contribution in [-0.2, 0) is 11.8 Å². The number of hydrogen-bond acceptors (Lipinski definition) is 2. The van der Waals surface area contributed by atoms with Gasteiger partial charge in [-0.25, -0.2) is 0 Å². The molecule has 0 bridgehead atoms. The van der Waals surface area contributed by atoms with Crippen molar-refractivity contribution in [3.8, 4) is 5.75 Å². The predicted octanol–water partition coefficient (Wildman–Crippen LogP) is 4.75. The number of carbonyl (C=O) groups excluding carboxylic acids is 1. The molecular formula is C22H29NO2. The Morgan fingerprint density at radius 1 is 1.04 bits per heavy atom. The fourth-order valence-corrected chi connectivity index (χ4v) is 2.71. The molecule has 2 aromatic rings. The summed E-state index contributed by atoms with van der Waals surface area (Å²) in [6.07, 6.45) is 1.77. The Morgan fingerprint density at radius 2 is 1.72 bits per heavy atom. The Labute approximate surface area is 151 Å². The molecule has 0 heterocycles. The van der Waals surface area contributed by atoms with E-state index < -0.39 is 0 Å². The molecule has 0 aromatic heterocycles. The van der Waals surface area contributed by atoms with Crippen LogP contribution in [0.25, 0.3) is 0 Å². The van der Waals surface area contributed by atoms with Crippen molar-refractivity contribution in [2.24, 2.45) is 0 Å². The minimum absolute atomic E-state index is 0.0152. The van der Waals surface area contributed by atoms with Gasteiger partial charge in [0.05, 0.1) is 6.61 Å². The average Bonchev–Trinajstić information content (AvgIpc) is 2.59. The standard InChI is InChI=1S/C22H29NO2/c1-5-25-20-11-7-6-9-17(20)10-8-16-23-21(24)18-12-14-19(15-13-18)22(2,3)4/h6-7,9,11-15H,5,8,10,16H2,1-4H3,(H,23,24). The molecule has 1 amide bonds. The van der Waals surface area contributed by atoms with Gasteiger partial charge in [-0.3, -0.25) is 4.79 Å². The van der Waals surface area contributed by atoms with Crippen LogP contribution in [0.2, 0.25) is 0 Å². The maximum atomic E-state index is 12.3. The van der Waals surface area contributed by atoms with Gasteiger partial charge in [0, 0.05) is 12.1 Å². The Bertz CT molecular complexity index is 684. The number of para-hydroxylation sites is 1. The van der Waals surface area contributed by atoms with Crippen LogP contribution in [0.4, 0.5) is 0 Å². The quantitative estimate of drug-likeness (QED) is 0.740. The first-order valence-corrected chi connectivity index (χ1v) is 9.01. The van der Waals surface area contributed by atoms with Gasteiger partial charge in [-0.05, 0) is 54.5 Å². The lowest BCUT2D eigenvalue weighted by atomic mass is 9.87. The highest BCUT2D eigenvalue weighted by Crippen LogP contribution is 2.22. The van der Waals surface area contributed by atoms with Gasteiger partial charge in [-0.15, -0.1) is 0 Å². The van der Waals surface area contributed by atoms with E-state index in [1.807, 2.05) is 49.4 Å². The third kappa shape index (κ3) is 5.63. The van der Waals surface area contributed by atoms with E-state index in [9.17, 15) is 4.79 Å². The SMILES string of the molecule is CCOc1ccccc1CCCNC(=O)c1ccc(C(C)(C)C)cc1. The van der Waals surface area contributed by atoms with Gasteiger partial charge in [0.15, 0.2) is 0 Å². The van der Waals surface area contributed by atoms with Gasteiger partial charge in [0.1, 0.15) is 5.75 Å². The zero-order chi connectivity index (χ0) is 18.3. The number of aryl methyl sites for hydroxylation is 1. The highest BCUT2D eigenvalue weighted by molar-refractivity contribution is 5.94. The molecule has 134 valence electrons. The first-order chi connectivity index (χ1) is 11.9. The number of amides is 1. The molecule has 3 nitrogen and oxygen atoms in total. The number of ether oxygens (including phenoxy) is 1. The van der Waals surface area contributed by atoms with Crippen LogP contribution in [0.15, 0.2) is 48.5 Å². The topological polar surface area (TPSA) is 38.3 Å². The third-order valence-electron chi connectivity index (χ3n) is 4.19. The molecule has 0 saturated heterocycles. The molecule has 0 aliphatic rings. The molecule has 0 aliphatic heterocycles.